The SMILES string of the molecule is O=C(NCC1CC2CCN1CC2CN1CCN(C2CCCCN2)CC1)NC1CCSC1. The zero-order valence-corrected chi connectivity index (χ0v) is 19.9. The maximum Gasteiger partial charge on any atom is 0.315 e. The molecule has 6 aliphatic heterocycles. The van der Waals surface area contributed by atoms with Crippen molar-refractivity contribution in [2.24, 2.45) is 11.8 Å². The standard InChI is InChI=1S/C23H42N6OS/c30-23(26-20-5-12-31-17-20)25-14-21-13-18-4-7-29(21)16-19(18)15-27-8-10-28(11-9-27)22-3-1-2-6-24-22/h18-22,24H,1-17H2,(H2,25,26,30). The van der Waals surface area contributed by atoms with E-state index in [1.807, 2.05) is 11.8 Å². The minimum Gasteiger partial charge on any atom is -0.337 e. The summed E-state index contributed by atoms with van der Waals surface area (Å²) < 4.78 is 0. The van der Waals surface area contributed by atoms with E-state index >= 15 is 0 Å². The minimum absolute atomic E-state index is 0.0389. The molecule has 6 rings (SSSR count). The summed E-state index contributed by atoms with van der Waals surface area (Å²) in [6.07, 6.45) is 8.40. The summed E-state index contributed by atoms with van der Waals surface area (Å²) in [4.78, 5) is 20.3. The van der Waals surface area contributed by atoms with Crippen LogP contribution in [0, 0.1) is 11.8 Å². The van der Waals surface area contributed by atoms with Crippen LogP contribution in [0.3, 0.4) is 0 Å². The van der Waals surface area contributed by atoms with Gasteiger partial charge in [0.25, 0.3) is 0 Å². The summed E-state index contributed by atoms with van der Waals surface area (Å²) in [6.45, 7) is 10.6. The van der Waals surface area contributed by atoms with E-state index in [0.717, 1.165) is 30.6 Å². The van der Waals surface area contributed by atoms with Crippen molar-refractivity contribution in [1.82, 2.24) is 30.7 Å². The highest BCUT2D eigenvalue weighted by Crippen LogP contribution is 2.36. The van der Waals surface area contributed by atoms with Crippen LogP contribution in [0.2, 0.25) is 0 Å². The van der Waals surface area contributed by atoms with Gasteiger partial charge in [0.2, 0.25) is 0 Å². The van der Waals surface area contributed by atoms with Gasteiger partial charge in [0.05, 0.1) is 6.17 Å². The van der Waals surface area contributed by atoms with Gasteiger partial charge in [0.15, 0.2) is 0 Å². The molecule has 7 nitrogen and oxygen atoms in total. The molecule has 2 bridgehead atoms. The molecule has 0 spiro atoms. The number of thioether (sulfide) groups is 1. The number of piperidine rings is 4. The second-order valence-corrected chi connectivity index (χ2v) is 11.6. The predicted octanol–water partition coefficient (Wildman–Crippen LogP) is 1.22. The lowest BCUT2D eigenvalue weighted by atomic mass is 9.75. The summed E-state index contributed by atoms with van der Waals surface area (Å²) in [5.41, 5.74) is 0. The highest BCUT2D eigenvalue weighted by molar-refractivity contribution is 7.99. The van der Waals surface area contributed by atoms with Crippen molar-refractivity contribution in [3.8, 4) is 0 Å². The van der Waals surface area contributed by atoms with Crippen LogP contribution in [0.4, 0.5) is 4.79 Å². The second kappa shape index (κ2) is 10.6. The number of hydrogen-bond donors (Lipinski definition) is 3. The van der Waals surface area contributed by atoms with Gasteiger partial charge in [-0.25, -0.2) is 4.79 Å². The number of fused-ring (bicyclic) bond motifs is 3. The van der Waals surface area contributed by atoms with Crippen LogP contribution in [0.25, 0.3) is 0 Å². The Hall–Kier alpha value is -0.540. The lowest BCUT2D eigenvalue weighted by Crippen LogP contribution is -2.60. The summed E-state index contributed by atoms with van der Waals surface area (Å²) in [7, 11) is 0. The van der Waals surface area contributed by atoms with Crippen LogP contribution in [0.5, 0.6) is 0 Å². The van der Waals surface area contributed by atoms with Gasteiger partial charge in [0.1, 0.15) is 0 Å². The van der Waals surface area contributed by atoms with Gasteiger partial charge in [0, 0.05) is 63.6 Å². The number of amides is 2. The van der Waals surface area contributed by atoms with E-state index < -0.39 is 0 Å². The molecular formula is C23H42N6OS. The van der Waals surface area contributed by atoms with E-state index in [0.29, 0.717) is 18.2 Å². The van der Waals surface area contributed by atoms with Crippen LogP contribution in [-0.2, 0) is 0 Å². The van der Waals surface area contributed by atoms with Crippen LogP contribution in [-0.4, -0.2) is 109 Å². The Morgan fingerprint density at radius 1 is 1.03 bits per heavy atom. The molecule has 0 saturated carbocycles. The predicted molar refractivity (Wildman–Crippen MR) is 127 cm³/mol. The first-order chi connectivity index (χ1) is 15.2. The Morgan fingerprint density at radius 3 is 2.65 bits per heavy atom. The molecule has 6 saturated heterocycles. The Kier molecular flexibility index (Phi) is 7.61. The van der Waals surface area contributed by atoms with Crippen molar-refractivity contribution in [3.05, 3.63) is 0 Å². The Morgan fingerprint density at radius 2 is 1.94 bits per heavy atom. The molecule has 0 radical (unpaired) electrons. The fourth-order valence-electron chi connectivity index (χ4n) is 6.50. The molecule has 6 aliphatic rings. The zero-order valence-electron chi connectivity index (χ0n) is 19.1. The van der Waals surface area contributed by atoms with E-state index in [1.165, 1.54) is 90.2 Å². The van der Waals surface area contributed by atoms with Crippen molar-refractivity contribution >= 4 is 17.8 Å². The Bertz CT molecular complexity index is 589. The molecule has 0 aromatic heterocycles. The third kappa shape index (κ3) is 5.69. The Balaban J connectivity index is 1.02. The molecule has 6 heterocycles. The van der Waals surface area contributed by atoms with Crippen molar-refractivity contribution in [1.29, 1.82) is 0 Å². The molecule has 176 valence electrons. The summed E-state index contributed by atoms with van der Waals surface area (Å²) in [6, 6.07) is 0.941. The van der Waals surface area contributed by atoms with Crippen LogP contribution >= 0.6 is 11.8 Å². The van der Waals surface area contributed by atoms with Gasteiger partial charge in [-0.05, 0) is 69.2 Å². The third-order valence-electron chi connectivity index (χ3n) is 8.40. The first-order valence-electron chi connectivity index (χ1n) is 12.8. The number of urea groups is 1. The number of carbonyl (C=O) groups is 1. The lowest BCUT2D eigenvalue weighted by molar-refractivity contribution is -0.0205. The van der Waals surface area contributed by atoms with E-state index in [9.17, 15) is 4.79 Å². The van der Waals surface area contributed by atoms with Gasteiger partial charge < -0.3 is 20.9 Å². The van der Waals surface area contributed by atoms with Gasteiger partial charge in [-0.1, -0.05) is 0 Å². The average Bonchev–Trinajstić information content (AvgIpc) is 3.32. The molecule has 6 unspecified atom stereocenters. The van der Waals surface area contributed by atoms with Crippen molar-refractivity contribution < 1.29 is 4.79 Å². The Labute approximate surface area is 192 Å². The fraction of sp³-hybridized carbons (Fsp3) is 0.957. The second-order valence-electron chi connectivity index (χ2n) is 10.4. The zero-order chi connectivity index (χ0) is 21.0. The monoisotopic (exact) mass is 450 g/mol. The minimum atomic E-state index is 0.0389. The normalized spacial score (nSPS) is 39.5. The number of rotatable bonds is 6. The number of hydrogen-bond acceptors (Lipinski definition) is 6. The number of piperazine rings is 1. The van der Waals surface area contributed by atoms with Gasteiger partial charge in [-0.3, -0.25) is 9.80 Å². The maximum atomic E-state index is 12.3. The molecule has 0 aliphatic carbocycles. The average molecular weight is 451 g/mol. The van der Waals surface area contributed by atoms with Crippen molar-refractivity contribution in [2.75, 3.05) is 70.4 Å². The quantitative estimate of drug-likeness (QED) is 0.566. The summed E-state index contributed by atoms with van der Waals surface area (Å²) in [5, 5.41) is 10.0. The van der Waals surface area contributed by atoms with Crippen LogP contribution in [0.1, 0.15) is 38.5 Å². The van der Waals surface area contributed by atoms with E-state index in [2.05, 4.69) is 30.7 Å². The van der Waals surface area contributed by atoms with Crippen molar-refractivity contribution in [2.45, 2.75) is 56.8 Å². The summed E-state index contributed by atoms with van der Waals surface area (Å²) >= 11 is 1.94. The smallest absolute Gasteiger partial charge is 0.315 e. The largest absolute Gasteiger partial charge is 0.337 e. The van der Waals surface area contributed by atoms with E-state index in [4.69, 9.17) is 0 Å². The lowest BCUT2D eigenvalue weighted by Gasteiger charge is -2.51. The molecule has 6 fully saturated rings. The van der Waals surface area contributed by atoms with Gasteiger partial charge in [-0.15, -0.1) is 0 Å². The highest BCUT2D eigenvalue weighted by atomic mass is 32.2. The molecular weight excluding hydrogens is 408 g/mol. The maximum absolute atomic E-state index is 12.3. The van der Waals surface area contributed by atoms with E-state index in [-0.39, 0.29) is 6.03 Å². The molecule has 3 N–H and O–H groups in total. The topological polar surface area (TPSA) is 62.9 Å². The first-order valence-corrected chi connectivity index (χ1v) is 14.0. The number of nitrogens with zero attached hydrogens (tertiary/aromatic N) is 3. The molecule has 31 heavy (non-hydrogen) atoms. The van der Waals surface area contributed by atoms with Gasteiger partial charge >= 0.3 is 6.03 Å². The third-order valence-corrected chi connectivity index (χ3v) is 9.56. The van der Waals surface area contributed by atoms with Crippen LogP contribution < -0.4 is 16.0 Å². The summed E-state index contributed by atoms with van der Waals surface area (Å²) in [5.74, 6) is 3.90. The molecule has 6 atom stereocenters. The van der Waals surface area contributed by atoms with E-state index in [1.54, 1.807) is 0 Å². The molecule has 0 aromatic carbocycles. The van der Waals surface area contributed by atoms with Crippen LogP contribution in [0.15, 0.2) is 0 Å². The molecule has 8 heteroatoms. The number of nitrogens with one attached hydrogen (secondary N) is 3. The highest BCUT2D eigenvalue weighted by Gasteiger charge is 2.41. The first kappa shape index (κ1) is 22.3. The molecule has 2 amide bonds. The van der Waals surface area contributed by atoms with Crippen molar-refractivity contribution in [3.63, 3.8) is 0 Å². The fourth-order valence-corrected chi connectivity index (χ4v) is 7.65. The molecule has 0 aromatic rings. The van der Waals surface area contributed by atoms with Gasteiger partial charge in [-0.2, -0.15) is 11.8 Å². The number of carbonyl (C=O) groups excluding carboxylic acids is 1.